The molecule has 172 valence electrons. The highest BCUT2D eigenvalue weighted by atomic mass is 32.2. The molecule has 1 aliphatic heterocycles. The lowest BCUT2D eigenvalue weighted by Gasteiger charge is -2.12. The van der Waals surface area contributed by atoms with Crippen molar-refractivity contribution >= 4 is 40.6 Å². The van der Waals surface area contributed by atoms with Gasteiger partial charge in [0, 0.05) is 5.69 Å². The molecule has 1 saturated heterocycles. The molecule has 3 aromatic rings. The summed E-state index contributed by atoms with van der Waals surface area (Å²) in [6.45, 7) is 1.88. The van der Waals surface area contributed by atoms with E-state index < -0.39 is 17.1 Å². The fraction of sp³-hybridized carbons (Fsp3) is 0.115. The quantitative estimate of drug-likeness (QED) is 0.463. The zero-order valence-electron chi connectivity index (χ0n) is 18.3. The maximum Gasteiger partial charge on any atom is 0.294 e. The molecule has 0 spiro atoms. The van der Waals surface area contributed by atoms with Crippen LogP contribution in [-0.4, -0.2) is 28.5 Å². The molecule has 0 bridgehead atoms. The number of halogens is 1. The van der Waals surface area contributed by atoms with E-state index >= 15 is 0 Å². The first-order chi connectivity index (χ1) is 16.4. The normalized spacial score (nSPS) is 14.5. The largest absolute Gasteiger partial charge is 0.489 e. The van der Waals surface area contributed by atoms with E-state index in [-0.39, 0.29) is 17.3 Å². The van der Waals surface area contributed by atoms with Crippen molar-refractivity contribution in [1.29, 1.82) is 0 Å². The van der Waals surface area contributed by atoms with Crippen molar-refractivity contribution in [1.82, 2.24) is 4.90 Å². The molecule has 0 aliphatic carbocycles. The van der Waals surface area contributed by atoms with Crippen molar-refractivity contribution < 1.29 is 23.5 Å². The second-order valence-electron chi connectivity index (χ2n) is 7.67. The monoisotopic (exact) mass is 476 g/mol. The molecule has 3 aromatic carbocycles. The average molecular weight is 477 g/mol. The van der Waals surface area contributed by atoms with Gasteiger partial charge in [-0.05, 0) is 72.3 Å². The van der Waals surface area contributed by atoms with Gasteiger partial charge in [0.05, 0.1) is 4.91 Å². The van der Waals surface area contributed by atoms with Crippen LogP contribution in [0.2, 0.25) is 0 Å². The van der Waals surface area contributed by atoms with Crippen LogP contribution in [0.25, 0.3) is 6.08 Å². The van der Waals surface area contributed by atoms with E-state index in [4.69, 9.17) is 4.74 Å². The molecular formula is C26H21FN2O4S. The Labute approximate surface area is 200 Å². The third-order valence-electron chi connectivity index (χ3n) is 5.01. The second kappa shape index (κ2) is 10.4. The lowest BCUT2D eigenvalue weighted by Crippen LogP contribution is -2.36. The Bertz CT molecular complexity index is 1240. The highest BCUT2D eigenvalue weighted by Gasteiger charge is 2.36. The number of nitrogens with one attached hydrogen (secondary N) is 1. The van der Waals surface area contributed by atoms with Crippen molar-refractivity contribution in [2.45, 2.75) is 13.5 Å². The predicted octanol–water partition coefficient (Wildman–Crippen LogP) is 5.39. The molecule has 0 unspecified atom stereocenters. The number of hydrogen-bond acceptors (Lipinski definition) is 5. The number of aryl methyl sites for hydroxylation is 1. The van der Waals surface area contributed by atoms with Gasteiger partial charge in [-0.3, -0.25) is 19.3 Å². The summed E-state index contributed by atoms with van der Waals surface area (Å²) >= 11 is 0.796. The summed E-state index contributed by atoms with van der Waals surface area (Å²) in [7, 11) is 0. The Morgan fingerprint density at radius 1 is 1.00 bits per heavy atom. The molecule has 3 amide bonds. The maximum atomic E-state index is 13.0. The lowest BCUT2D eigenvalue weighted by molar-refractivity contribution is -0.127. The Hall–Kier alpha value is -3.91. The minimum absolute atomic E-state index is 0.244. The number of carbonyl (C=O) groups is 3. The summed E-state index contributed by atoms with van der Waals surface area (Å²) in [4.78, 5) is 38.5. The van der Waals surface area contributed by atoms with Crippen LogP contribution >= 0.6 is 11.8 Å². The van der Waals surface area contributed by atoms with Crippen molar-refractivity contribution in [3.8, 4) is 5.75 Å². The molecule has 0 atom stereocenters. The van der Waals surface area contributed by atoms with E-state index in [2.05, 4.69) is 5.32 Å². The van der Waals surface area contributed by atoms with Gasteiger partial charge in [-0.15, -0.1) is 0 Å². The van der Waals surface area contributed by atoms with E-state index in [1.165, 1.54) is 12.1 Å². The van der Waals surface area contributed by atoms with Gasteiger partial charge in [-0.1, -0.05) is 42.0 Å². The molecule has 0 saturated carbocycles. The Kier molecular flexibility index (Phi) is 7.08. The zero-order valence-corrected chi connectivity index (χ0v) is 19.1. The van der Waals surface area contributed by atoms with Crippen LogP contribution in [0.4, 0.5) is 14.9 Å². The van der Waals surface area contributed by atoms with Crippen LogP contribution in [0.3, 0.4) is 0 Å². The smallest absolute Gasteiger partial charge is 0.294 e. The molecule has 4 rings (SSSR count). The van der Waals surface area contributed by atoms with E-state index in [0.29, 0.717) is 23.6 Å². The number of nitrogens with zero attached hydrogens (tertiary/aromatic N) is 1. The summed E-state index contributed by atoms with van der Waals surface area (Å²) in [5.74, 6) is -0.646. The molecule has 1 aliphatic rings. The van der Waals surface area contributed by atoms with Gasteiger partial charge >= 0.3 is 0 Å². The molecule has 0 radical (unpaired) electrons. The van der Waals surface area contributed by atoms with Gasteiger partial charge in [-0.2, -0.15) is 0 Å². The van der Waals surface area contributed by atoms with E-state index in [1.807, 2.05) is 19.1 Å². The average Bonchev–Trinajstić information content (AvgIpc) is 3.08. The van der Waals surface area contributed by atoms with Gasteiger partial charge in [0.1, 0.15) is 24.7 Å². The number of imide groups is 1. The fourth-order valence-electron chi connectivity index (χ4n) is 3.18. The third kappa shape index (κ3) is 5.90. The first-order valence-corrected chi connectivity index (χ1v) is 11.3. The fourth-order valence-corrected chi connectivity index (χ4v) is 4.01. The minimum atomic E-state index is -0.509. The lowest BCUT2D eigenvalue weighted by atomic mass is 10.2. The number of hydrogen-bond donors (Lipinski definition) is 1. The minimum Gasteiger partial charge on any atom is -0.489 e. The molecule has 1 heterocycles. The van der Waals surface area contributed by atoms with Gasteiger partial charge in [0.15, 0.2) is 0 Å². The van der Waals surface area contributed by atoms with Crippen LogP contribution < -0.4 is 10.1 Å². The van der Waals surface area contributed by atoms with Crippen molar-refractivity contribution in [2.24, 2.45) is 0 Å². The van der Waals surface area contributed by atoms with Crippen LogP contribution in [-0.2, 0) is 16.2 Å². The van der Waals surface area contributed by atoms with Gasteiger partial charge in [0.25, 0.3) is 11.1 Å². The Morgan fingerprint density at radius 2 is 1.68 bits per heavy atom. The molecule has 0 aromatic heterocycles. The van der Waals surface area contributed by atoms with Crippen LogP contribution in [0.1, 0.15) is 16.7 Å². The first kappa shape index (κ1) is 23.3. The predicted molar refractivity (Wildman–Crippen MR) is 130 cm³/mol. The standard InChI is InChI=1S/C26H21FN2O4S/c1-17-2-10-21(11-3-17)28-24(30)15-29-25(31)23(34-26(29)32)14-18-6-12-22(13-7-18)33-16-19-4-8-20(27)9-5-19/h2-14H,15-16H2,1H3,(H,28,30). The zero-order chi connectivity index (χ0) is 24.1. The van der Waals surface area contributed by atoms with Crippen LogP contribution in [0.15, 0.2) is 77.7 Å². The van der Waals surface area contributed by atoms with Gasteiger partial charge in [-0.25, -0.2) is 4.39 Å². The summed E-state index contributed by atoms with van der Waals surface area (Å²) in [6, 6.07) is 20.3. The summed E-state index contributed by atoms with van der Waals surface area (Å²) in [6.07, 6.45) is 1.60. The van der Waals surface area contributed by atoms with Crippen molar-refractivity contribution in [3.63, 3.8) is 0 Å². The SMILES string of the molecule is Cc1ccc(NC(=O)CN2C(=O)SC(=Cc3ccc(OCc4ccc(F)cc4)cc3)C2=O)cc1. The van der Waals surface area contributed by atoms with Gasteiger partial charge in [0.2, 0.25) is 5.91 Å². The molecule has 1 N–H and O–H groups in total. The summed E-state index contributed by atoms with van der Waals surface area (Å²) in [5, 5.41) is 2.20. The van der Waals surface area contributed by atoms with E-state index in [0.717, 1.165) is 27.8 Å². The summed E-state index contributed by atoms with van der Waals surface area (Å²) < 4.78 is 18.7. The molecule has 34 heavy (non-hydrogen) atoms. The van der Waals surface area contributed by atoms with Crippen LogP contribution in [0, 0.1) is 12.7 Å². The number of anilines is 1. The van der Waals surface area contributed by atoms with Crippen molar-refractivity contribution in [3.05, 3.63) is 100 Å². The second-order valence-corrected chi connectivity index (χ2v) is 8.66. The molecular weight excluding hydrogens is 455 g/mol. The Balaban J connectivity index is 1.35. The first-order valence-electron chi connectivity index (χ1n) is 10.5. The van der Waals surface area contributed by atoms with E-state index in [1.54, 1.807) is 54.6 Å². The van der Waals surface area contributed by atoms with E-state index in [9.17, 15) is 18.8 Å². The number of amides is 3. The highest BCUT2D eigenvalue weighted by molar-refractivity contribution is 8.18. The Morgan fingerprint density at radius 3 is 2.35 bits per heavy atom. The number of carbonyl (C=O) groups excluding carboxylic acids is 3. The molecule has 6 nitrogen and oxygen atoms in total. The number of benzene rings is 3. The third-order valence-corrected chi connectivity index (χ3v) is 5.91. The highest BCUT2D eigenvalue weighted by Crippen LogP contribution is 2.32. The topological polar surface area (TPSA) is 75.7 Å². The number of rotatable bonds is 7. The summed E-state index contributed by atoms with van der Waals surface area (Å²) in [5.41, 5.74) is 3.20. The molecule has 1 fully saturated rings. The van der Waals surface area contributed by atoms with Gasteiger partial charge < -0.3 is 10.1 Å². The number of ether oxygens (including phenoxy) is 1. The van der Waals surface area contributed by atoms with Crippen LogP contribution in [0.5, 0.6) is 5.75 Å². The number of thioether (sulfide) groups is 1. The van der Waals surface area contributed by atoms with Crippen molar-refractivity contribution in [2.75, 3.05) is 11.9 Å². The maximum absolute atomic E-state index is 13.0. The molecule has 8 heteroatoms.